The molecule has 1 saturated heterocycles. The van der Waals surface area contributed by atoms with Crippen molar-refractivity contribution in [1.82, 2.24) is 9.80 Å². The van der Waals surface area contributed by atoms with Gasteiger partial charge < -0.3 is 14.9 Å². The van der Waals surface area contributed by atoms with Crippen molar-refractivity contribution in [3.8, 4) is 0 Å². The maximum Gasteiger partial charge on any atom is 0.310 e. The van der Waals surface area contributed by atoms with Gasteiger partial charge in [-0.3, -0.25) is 9.59 Å². The van der Waals surface area contributed by atoms with Crippen molar-refractivity contribution in [3.63, 3.8) is 0 Å². The number of amides is 1. The molecule has 1 aromatic rings. The average Bonchev–Trinajstić information content (AvgIpc) is 2.26. The number of nitrogens with zero attached hydrogens (tertiary/aromatic N) is 2. The first kappa shape index (κ1) is 13.5. The van der Waals surface area contributed by atoms with Crippen LogP contribution in [0, 0.1) is 5.92 Å². The Morgan fingerprint density at radius 3 is 2.32 bits per heavy atom. The number of rotatable bonds is 4. The van der Waals surface area contributed by atoms with Crippen LogP contribution in [-0.4, -0.2) is 54.0 Å². The molecule has 0 atom stereocenters. The number of carbonyl (C=O) groups is 2. The van der Waals surface area contributed by atoms with Gasteiger partial charge in [-0.15, -0.1) is 0 Å². The lowest BCUT2D eigenvalue weighted by atomic mass is 9.99. The van der Waals surface area contributed by atoms with Gasteiger partial charge >= 0.3 is 5.97 Å². The molecule has 5 heteroatoms. The molecule has 0 radical (unpaired) electrons. The summed E-state index contributed by atoms with van der Waals surface area (Å²) in [5.41, 5.74) is 1.76. The molecule has 0 saturated carbocycles. The Morgan fingerprint density at radius 2 is 1.84 bits per heavy atom. The summed E-state index contributed by atoms with van der Waals surface area (Å²) in [6, 6.07) is 7.47. The van der Waals surface area contributed by atoms with Crippen molar-refractivity contribution in [3.05, 3.63) is 35.4 Å². The minimum Gasteiger partial charge on any atom is -0.481 e. The Bertz CT molecular complexity index is 476. The molecule has 2 rings (SSSR count). The Balaban J connectivity index is 1.95. The van der Waals surface area contributed by atoms with Crippen LogP contribution in [0.1, 0.15) is 15.9 Å². The van der Waals surface area contributed by atoms with Crippen LogP contribution >= 0.6 is 0 Å². The molecule has 1 heterocycles. The second kappa shape index (κ2) is 5.40. The molecule has 5 nitrogen and oxygen atoms in total. The summed E-state index contributed by atoms with van der Waals surface area (Å²) >= 11 is 0. The van der Waals surface area contributed by atoms with Crippen LogP contribution < -0.4 is 0 Å². The predicted molar refractivity (Wildman–Crippen MR) is 70.9 cm³/mol. The number of aliphatic carboxylic acids is 1. The Morgan fingerprint density at radius 1 is 1.26 bits per heavy atom. The summed E-state index contributed by atoms with van der Waals surface area (Å²) in [4.78, 5) is 26.4. The van der Waals surface area contributed by atoms with E-state index in [0.717, 1.165) is 12.1 Å². The summed E-state index contributed by atoms with van der Waals surface area (Å²) in [7, 11) is 3.98. The first-order valence-electron chi connectivity index (χ1n) is 6.23. The SMILES string of the molecule is CN(C)Cc1ccc(C(=O)N2CC(C(=O)O)C2)cc1. The van der Waals surface area contributed by atoms with Gasteiger partial charge in [-0.2, -0.15) is 0 Å². The van der Waals surface area contributed by atoms with Crippen molar-refractivity contribution < 1.29 is 14.7 Å². The number of hydrogen-bond acceptors (Lipinski definition) is 3. The molecule has 1 fully saturated rings. The number of benzene rings is 1. The van der Waals surface area contributed by atoms with Crippen molar-refractivity contribution in [2.45, 2.75) is 6.54 Å². The van der Waals surface area contributed by atoms with Gasteiger partial charge in [0.05, 0.1) is 5.92 Å². The second-order valence-electron chi connectivity index (χ2n) is 5.18. The standard InChI is InChI=1S/C14H18N2O3/c1-15(2)7-10-3-5-11(6-4-10)13(17)16-8-12(9-16)14(18)19/h3-6,12H,7-9H2,1-2H3,(H,18,19). The van der Waals surface area contributed by atoms with Crippen LogP contribution in [0.15, 0.2) is 24.3 Å². The first-order valence-corrected chi connectivity index (χ1v) is 6.23. The van der Waals surface area contributed by atoms with E-state index >= 15 is 0 Å². The van der Waals surface area contributed by atoms with Crippen LogP contribution in [0.5, 0.6) is 0 Å². The number of carboxylic acid groups (broad SMARTS) is 1. The number of carboxylic acids is 1. The van der Waals surface area contributed by atoms with E-state index in [1.54, 1.807) is 17.0 Å². The highest BCUT2D eigenvalue weighted by molar-refractivity contribution is 5.95. The lowest BCUT2D eigenvalue weighted by Crippen LogP contribution is -2.53. The summed E-state index contributed by atoms with van der Waals surface area (Å²) in [5.74, 6) is -1.32. The molecule has 1 aromatic carbocycles. The van der Waals surface area contributed by atoms with E-state index in [-0.39, 0.29) is 5.91 Å². The largest absolute Gasteiger partial charge is 0.481 e. The van der Waals surface area contributed by atoms with Gasteiger partial charge in [0.25, 0.3) is 5.91 Å². The Kier molecular flexibility index (Phi) is 3.85. The van der Waals surface area contributed by atoms with E-state index < -0.39 is 11.9 Å². The fourth-order valence-corrected chi connectivity index (χ4v) is 2.10. The molecule has 1 amide bonds. The van der Waals surface area contributed by atoms with Gasteiger partial charge in [-0.25, -0.2) is 0 Å². The molecule has 1 N–H and O–H groups in total. The molecular weight excluding hydrogens is 244 g/mol. The molecule has 0 unspecified atom stereocenters. The maximum absolute atomic E-state index is 12.1. The zero-order valence-electron chi connectivity index (χ0n) is 11.2. The third-order valence-electron chi connectivity index (χ3n) is 3.22. The van der Waals surface area contributed by atoms with E-state index in [4.69, 9.17) is 5.11 Å². The third-order valence-corrected chi connectivity index (χ3v) is 3.22. The van der Waals surface area contributed by atoms with Crippen LogP contribution in [0.4, 0.5) is 0 Å². The quantitative estimate of drug-likeness (QED) is 0.876. The lowest BCUT2D eigenvalue weighted by Gasteiger charge is -2.36. The fraction of sp³-hybridized carbons (Fsp3) is 0.429. The van der Waals surface area contributed by atoms with Crippen LogP contribution in [0.25, 0.3) is 0 Å². The van der Waals surface area contributed by atoms with Gasteiger partial charge in [-0.05, 0) is 31.8 Å². The van der Waals surface area contributed by atoms with Gasteiger partial charge in [0, 0.05) is 25.2 Å². The highest BCUT2D eigenvalue weighted by Crippen LogP contribution is 2.19. The number of hydrogen-bond donors (Lipinski definition) is 1. The predicted octanol–water partition coefficient (Wildman–Crippen LogP) is 0.905. The molecule has 0 aromatic heterocycles. The molecule has 19 heavy (non-hydrogen) atoms. The van der Waals surface area contributed by atoms with Gasteiger partial charge in [0.2, 0.25) is 0 Å². The lowest BCUT2D eigenvalue weighted by molar-refractivity contribution is -0.146. The highest BCUT2D eigenvalue weighted by Gasteiger charge is 2.35. The Hall–Kier alpha value is -1.88. The summed E-state index contributed by atoms with van der Waals surface area (Å²) in [6.45, 7) is 1.46. The zero-order valence-corrected chi connectivity index (χ0v) is 11.2. The molecule has 1 aliphatic heterocycles. The minimum atomic E-state index is -0.828. The monoisotopic (exact) mass is 262 g/mol. The van der Waals surface area contributed by atoms with Crippen LogP contribution in [-0.2, 0) is 11.3 Å². The van der Waals surface area contributed by atoms with Gasteiger partial charge in [-0.1, -0.05) is 12.1 Å². The van der Waals surface area contributed by atoms with E-state index in [2.05, 4.69) is 4.90 Å². The van der Waals surface area contributed by atoms with Crippen molar-refractivity contribution in [1.29, 1.82) is 0 Å². The highest BCUT2D eigenvalue weighted by atomic mass is 16.4. The van der Waals surface area contributed by atoms with E-state index in [1.165, 1.54) is 0 Å². The van der Waals surface area contributed by atoms with E-state index in [1.807, 2.05) is 26.2 Å². The third kappa shape index (κ3) is 3.12. The summed E-state index contributed by atoms with van der Waals surface area (Å²) in [5, 5.41) is 8.78. The smallest absolute Gasteiger partial charge is 0.310 e. The van der Waals surface area contributed by atoms with Crippen molar-refractivity contribution in [2.75, 3.05) is 27.2 Å². The molecule has 0 bridgehead atoms. The molecular formula is C14H18N2O3. The zero-order chi connectivity index (χ0) is 14.0. The Labute approximate surface area is 112 Å². The summed E-state index contributed by atoms with van der Waals surface area (Å²) in [6.07, 6.45) is 0. The fourth-order valence-electron chi connectivity index (χ4n) is 2.10. The second-order valence-corrected chi connectivity index (χ2v) is 5.18. The first-order chi connectivity index (χ1) is 8.97. The van der Waals surface area contributed by atoms with Gasteiger partial charge in [0.15, 0.2) is 0 Å². The van der Waals surface area contributed by atoms with E-state index in [0.29, 0.717) is 18.7 Å². The van der Waals surface area contributed by atoms with Crippen LogP contribution in [0.3, 0.4) is 0 Å². The maximum atomic E-state index is 12.1. The molecule has 0 aliphatic carbocycles. The average molecular weight is 262 g/mol. The topological polar surface area (TPSA) is 60.9 Å². The molecule has 1 aliphatic rings. The molecule has 102 valence electrons. The van der Waals surface area contributed by atoms with Crippen molar-refractivity contribution in [2.24, 2.45) is 5.92 Å². The van der Waals surface area contributed by atoms with Gasteiger partial charge in [0.1, 0.15) is 0 Å². The van der Waals surface area contributed by atoms with Crippen molar-refractivity contribution >= 4 is 11.9 Å². The van der Waals surface area contributed by atoms with Crippen LogP contribution in [0.2, 0.25) is 0 Å². The molecule has 0 spiro atoms. The minimum absolute atomic E-state index is 0.0890. The number of carbonyl (C=O) groups excluding carboxylic acids is 1. The van der Waals surface area contributed by atoms with E-state index in [9.17, 15) is 9.59 Å². The number of likely N-dealkylation sites (tertiary alicyclic amines) is 1. The normalized spacial score (nSPS) is 15.4. The summed E-state index contributed by atoms with van der Waals surface area (Å²) < 4.78 is 0.